The van der Waals surface area contributed by atoms with E-state index in [-0.39, 0.29) is 18.6 Å². The highest BCUT2D eigenvalue weighted by atomic mass is 35.5. The van der Waals surface area contributed by atoms with E-state index >= 15 is 0 Å². The Morgan fingerprint density at radius 3 is 2.89 bits per heavy atom. The molecule has 0 radical (unpaired) electrons. The molecule has 1 saturated heterocycles. The summed E-state index contributed by atoms with van der Waals surface area (Å²) in [5.41, 5.74) is 9.01. The summed E-state index contributed by atoms with van der Waals surface area (Å²) in [6.07, 6.45) is 4.21. The summed E-state index contributed by atoms with van der Waals surface area (Å²) in [5, 5.41) is 10.1. The average Bonchev–Trinajstić information content (AvgIpc) is 3.31. The molecule has 3 heterocycles. The standard InChI is InChI=1S/C20H17ClN4O2/c21-16-6-2-1-5-14(16)17-9-18(24-23-17)20(26)27-12-13-11-25-8-4-3-7-19(25)15(13)10-22/h1-8,11,17-18,23-24H,9,12H2. The zero-order valence-corrected chi connectivity index (χ0v) is 15.1. The van der Waals surface area contributed by atoms with Crippen LogP contribution in [-0.4, -0.2) is 16.4 Å². The van der Waals surface area contributed by atoms with Gasteiger partial charge >= 0.3 is 5.97 Å². The van der Waals surface area contributed by atoms with E-state index in [1.807, 2.05) is 59.3 Å². The molecule has 0 spiro atoms. The van der Waals surface area contributed by atoms with E-state index in [0.717, 1.165) is 11.1 Å². The summed E-state index contributed by atoms with van der Waals surface area (Å²) in [6, 6.07) is 14.8. The van der Waals surface area contributed by atoms with Gasteiger partial charge in [-0.2, -0.15) is 5.26 Å². The van der Waals surface area contributed by atoms with Gasteiger partial charge in [-0.1, -0.05) is 35.9 Å². The molecule has 136 valence electrons. The minimum Gasteiger partial charge on any atom is -0.460 e. The zero-order valence-electron chi connectivity index (χ0n) is 14.4. The van der Waals surface area contributed by atoms with Crippen LogP contribution in [0.1, 0.15) is 29.2 Å². The predicted octanol–water partition coefficient (Wildman–Crippen LogP) is 3.12. The third-order valence-electron chi connectivity index (χ3n) is 4.71. The van der Waals surface area contributed by atoms with Crippen molar-refractivity contribution in [2.24, 2.45) is 0 Å². The van der Waals surface area contributed by atoms with Gasteiger partial charge < -0.3 is 9.14 Å². The molecule has 7 heteroatoms. The maximum Gasteiger partial charge on any atom is 0.324 e. The molecule has 0 aliphatic carbocycles. The number of carbonyl (C=O) groups is 1. The third kappa shape index (κ3) is 3.40. The number of halogens is 1. The van der Waals surface area contributed by atoms with E-state index in [4.69, 9.17) is 16.3 Å². The smallest absolute Gasteiger partial charge is 0.324 e. The number of benzene rings is 1. The second-order valence-electron chi connectivity index (χ2n) is 6.39. The Hall–Kier alpha value is -2.85. The van der Waals surface area contributed by atoms with Crippen LogP contribution in [0.4, 0.5) is 0 Å². The number of hydrogen-bond donors (Lipinski definition) is 2. The van der Waals surface area contributed by atoms with Crippen LogP contribution in [0, 0.1) is 11.3 Å². The molecular formula is C20H17ClN4O2. The van der Waals surface area contributed by atoms with Gasteiger partial charge in [0.2, 0.25) is 0 Å². The summed E-state index contributed by atoms with van der Waals surface area (Å²) in [6.45, 7) is 0.0539. The average molecular weight is 381 g/mol. The van der Waals surface area contributed by atoms with Crippen LogP contribution < -0.4 is 10.9 Å². The summed E-state index contributed by atoms with van der Waals surface area (Å²) in [5.74, 6) is -0.365. The molecule has 1 aliphatic heterocycles. The molecule has 2 N–H and O–H groups in total. The van der Waals surface area contributed by atoms with E-state index < -0.39 is 6.04 Å². The second kappa shape index (κ2) is 7.41. The predicted molar refractivity (Wildman–Crippen MR) is 101 cm³/mol. The number of ether oxygens (including phenoxy) is 1. The second-order valence-corrected chi connectivity index (χ2v) is 6.80. The van der Waals surface area contributed by atoms with Gasteiger partial charge in [-0.15, -0.1) is 0 Å². The summed E-state index contributed by atoms with van der Waals surface area (Å²) in [7, 11) is 0. The number of nitriles is 1. The Kier molecular flexibility index (Phi) is 4.82. The van der Waals surface area contributed by atoms with Crippen molar-refractivity contribution in [1.82, 2.24) is 15.3 Å². The van der Waals surface area contributed by atoms with Crippen LogP contribution in [0.2, 0.25) is 5.02 Å². The normalized spacial score (nSPS) is 19.1. The summed E-state index contributed by atoms with van der Waals surface area (Å²) >= 11 is 6.23. The fraction of sp³-hybridized carbons (Fsp3) is 0.200. The van der Waals surface area contributed by atoms with Gasteiger partial charge in [-0.05, 0) is 30.2 Å². The minimum absolute atomic E-state index is 0.0539. The molecule has 2 aromatic heterocycles. The zero-order chi connectivity index (χ0) is 18.8. The first kappa shape index (κ1) is 17.6. The van der Waals surface area contributed by atoms with Crippen LogP contribution >= 0.6 is 11.6 Å². The molecule has 4 rings (SSSR count). The Morgan fingerprint density at radius 2 is 2.07 bits per heavy atom. The van der Waals surface area contributed by atoms with Crippen molar-refractivity contribution in [2.75, 3.05) is 0 Å². The lowest BCUT2D eigenvalue weighted by molar-refractivity contribution is -0.147. The number of carbonyl (C=O) groups excluding carboxylic acids is 1. The van der Waals surface area contributed by atoms with Crippen molar-refractivity contribution in [2.45, 2.75) is 25.1 Å². The van der Waals surface area contributed by atoms with Crippen LogP contribution in [0.3, 0.4) is 0 Å². The number of fused-ring (bicyclic) bond motifs is 1. The van der Waals surface area contributed by atoms with Gasteiger partial charge in [0.15, 0.2) is 0 Å². The number of nitrogens with zero attached hydrogens (tertiary/aromatic N) is 2. The first-order valence-electron chi connectivity index (χ1n) is 8.58. The SMILES string of the molecule is N#Cc1c(COC(=O)C2CC(c3ccccc3Cl)NN2)cn2ccccc12. The molecule has 1 aromatic carbocycles. The van der Waals surface area contributed by atoms with Crippen molar-refractivity contribution >= 4 is 23.1 Å². The summed E-state index contributed by atoms with van der Waals surface area (Å²) in [4.78, 5) is 12.4. The van der Waals surface area contributed by atoms with E-state index in [0.29, 0.717) is 22.6 Å². The number of nitrogens with one attached hydrogen (secondary N) is 2. The molecule has 27 heavy (non-hydrogen) atoms. The van der Waals surface area contributed by atoms with Crippen molar-refractivity contribution in [3.8, 4) is 6.07 Å². The maximum atomic E-state index is 12.4. The van der Waals surface area contributed by atoms with Crippen LogP contribution in [0.25, 0.3) is 5.52 Å². The van der Waals surface area contributed by atoms with Crippen molar-refractivity contribution in [3.63, 3.8) is 0 Å². The highest BCUT2D eigenvalue weighted by Crippen LogP contribution is 2.28. The largest absolute Gasteiger partial charge is 0.460 e. The highest BCUT2D eigenvalue weighted by Gasteiger charge is 2.32. The van der Waals surface area contributed by atoms with Gasteiger partial charge in [0.05, 0.1) is 11.1 Å². The molecular weight excluding hydrogens is 364 g/mol. The molecule has 0 bridgehead atoms. The van der Waals surface area contributed by atoms with Crippen molar-refractivity contribution in [3.05, 3.63) is 76.6 Å². The monoisotopic (exact) mass is 380 g/mol. The number of rotatable bonds is 4. The molecule has 2 unspecified atom stereocenters. The lowest BCUT2D eigenvalue weighted by atomic mass is 10.0. The van der Waals surface area contributed by atoms with E-state index in [2.05, 4.69) is 16.9 Å². The van der Waals surface area contributed by atoms with Gasteiger partial charge in [0, 0.05) is 29.0 Å². The topological polar surface area (TPSA) is 78.6 Å². The number of esters is 1. The highest BCUT2D eigenvalue weighted by molar-refractivity contribution is 6.31. The Bertz CT molecular complexity index is 1040. The number of pyridine rings is 1. The van der Waals surface area contributed by atoms with E-state index in [1.54, 1.807) is 0 Å². The van der Waals surface area contributed by atoms with Crippen LogP contribution in [-0.2, 0) is 16.1 Å². The van der Waals surface area contributed by atoms with E-state index in [9.17, 15) is 10.1 Å². The first-order chi connectivity index (χ1) is 13.2. The van der Waals surface area contributed by atoms with E-state index in [1.165, 1.54) is 0 Å². The van der Waals surface area contributed by atoms with Crippen molar-refractivity contribution < 1.29 is 9.53 Å². The quantitative estimate of drug-likeness (QED) is 0.680. The fourth-order valence-corrected chi connectivity index (χ4v) is 3.61. The van der Waals surface area contributed by atoms with Crippen molar-refractivity contribution in [1.29, 1.82) is 5.26 Å². The fourth-order valence-electron chi connectivity index (χ4n) is 3.34. The molecule has 3 aromatic rings. The maximum absolute atomic E-state index is 12.4. The van der Waals surface area contributed by atoms with Gasteiger partial charge in [-0.3, -0.25) is 4.79 Å². The Labute approximate surface area is 161 Å². The Balaban J connectivity index is 1.42. The van der Waals surface area contributed by atoms with Crippen LogP contribution in [0.5, 0.6) is 0 Å². The molecule has 6 nitrogen and oxygen atoms in total. The third-order valence-corrected chi connectivity index (χ3v) is 5.06. The number of hydrazine groups is 1. The summed E-state index contributed by atoms with van der Waals surface area (Å²) < 4.78 is 7.31. The molecule has 2 atom stereocenters. The molecule has 1 aliphatic rings. The number of aromatic nitrogens is 1. The van der Waals surface area contributed by atoms with Gasteiger partial charge in [0.1, 0.15) is 18.7 Å². The molecule has 0 saturated carbocycles. The lowest BCUT2D eigenvalue weighted by Gasteiger charge is -2.11. The van der Waals surface area contributed by atoms with Crippen LogP contribution in [0.15, 0.2) is 54.9 Å². The minimum atomic E-state index is -0.478. The molecule has 1 fully saturated rings. The molecule has 0 amide bonds. The Morgan fingerprint density at radius 1 is 1.26 bits per heavy atom. The first-order valence-corrected chi connectivity index (χ1v) is 8.96. The number of hydrogen-bond acceptors (Lipinski definition) is 5. The lowest BCUT2D eigenvalue weighted by Crippen LogP contribution is -2.37. The van der Waals surface area contributed by atoms with Gasteiger partial charge in [0.25, 0.3) is 0 Å². The van der Waals surface area contributed by atoms with Gasteiger partial charge in [-0.25, -0.2) is 10.9 Å².